The van der Waals surface area contributed by atoms with E-state index < -0.39 is 0 Å². The Balaban J connectivity index is 2.33. The Bertz CT molecular complexity index is 273. The quantitative estimate of drug-likeness (QED) is 0.628. The third kappa shape index (κ3) is 7.25. The van der Waals surface area contributed by atoms with E-state index in [0.717, 1.165) is 45.2 Å². The molecule has 0 atom stereocenters. The van der Waals surface area contributed by atoms with Crippen molar-refractivity contribution in [1.29, 1.82) is 0 Å². The van der Waals surface area contributed by atoms with E-state index in [0.29, 0.717) is 12.5 Å². The van der Waals surface area contributed by atoms with Crippen molar-refractivity contribution < 1.29 is 4.79 Å². The largest absolute Gasteiger partial charge is 0.340 e. The summed E-state index contributed by atoms with van der Waals surface area (Å²) in [6.45, 7) is 15.0. The summed E-state index contributed by atoms with van der Waals surface area (Å²) in [5.41, 5.74) is 0. The van der Waals surface area contributed by atoms with Gasteiger partial charge in [0.1, 0.15) is 0 Å². The Morgan fingerprint density at radius 1 is 1.20 bits per heavy atom. The molecule has 4 heteroatoms. The minimum Gasteiger partial charge on any atom is -0.340 e. The van der Waals surface area contributed by atoms with Crippen molar-refractivity contribution in [3.63, 3.8) is 0 Å². The Labute approximate surface area is 124 Å². The number of amides is 1. The number of hydrogen-bond acceptors (Lipinski definition) is 3. The van der Waals surface area contributed by atoms with Gasteiger partial charge in [0, 0.05) is 19.6 Å². The normalized spacial score (nSPS) is 15.1. The highest BCUT2D eigenvalue weighted by Gasteiger charge is 2.21. The Morgan fingerprint density at radius 2 is 1.85 bits per heavy atom. The maximum atomic E-state index is 12.3. The lowest BCUT2D eigenvalue weighted by molar-refractivity contribution is -0.131. The van der Waals surface area contributed by atoms with Crippen molar-refractivity contribution in [3.8, 4) is 0 Å². The molecule has 118 valence electrons. The lowest BCUT2D eigenvalue weighted by atomic mass is 10.2. The van der Waals surface area contributed by atoms with Crippen molar-refractivity contribution in [3.05, 3.63) is 0 Å². The summed E-state index contributed by atoms with van der Waals surface area (Å²) in [5.74, 6) is 1.61. The third-order valence-electron chi connectivity index (χ3n) is 3.92. The summed E-state index contributed by atoms with van der Waals surface area (Å²) >= 11 is 0. The number of likely N-dealkylation sites (N-methyl/N-ethyl adjacent to an activating group) is 1. The van der Waals surface area contributed by atoms with Gasteiger partial charge in [-0.3, -0.25) is 4.79 Å². The van der Waals surface area contributed by atoms with Crippen molar-refractivity contribution in [1.82, 2.24) is 15.1 Å². The molecule has 0 radical (unpaired) electrons. The molecule has 1 N–H and O–H groups in total. The van der Waals surface area contributed by atoms with Crippen LogP contribution in [0.15, 0.2) is 0 Å². The molecule has 1 amide bonds. The number of carbonyl (C=O) groups excluding carboxylic acids is 1. The Kier molecular flexibility index (Phi) is 8.15. The predicted octanol–water partition coefficient (Wildman–Crippen LogP) is 1.81. The fourth-order valence-corrected chi connectivity index (χ4v) is 2.38. The zero-order valence-electron chi connectivity index (χ0n) is 13.8. The molecule has 0 aliphatic heterocycles. The minimum atomic E-state index is 0.256. The molecular weight excluding hydrogens is 250 g/mol. The lowest BCUT2D eigenvalue weighted by Gasteiger charge is -2.28. The van der Waals surface area contributed by atoms with E-state index in [1.54, 1.807) is 0 Å². The Morgan fingerprint density at radius 3 is 2.35 bits per heavy atom. The van der Waals surface area contributed by atoms with Crippen molar-refractivity contribution in [2.24, 2.45) is 11.8 Å². The molecule has 0 aromatic rings. The van der Waals surface area contributed by atoms with E-state index in [-0.39, 0.29) is 5.91 Å². The maximum absolute atomic E-state index is 12.3. The van der Waals surface area contributed by atoms with Crippen LogP contribution >= 0.6 is 0 Å². The van der Waals surface area contributed by atoms with Gasteiger partial charge in [0.15, 0.2) is 0 Å². The molecule has 0 spiro atoms. The van der Waals surface area contributed by atoms with Crippen LogP contribution in [0.2, 0.25) is 0 Å². The molecule has 0 bridgehead atoms. The monoisotopic (exact) mass is 283 g/mol. The molecule has 4 nitrogen and oxygen atoms in total. The van der Waals surface area contributed by atoms with Gasteiger partial charge < -0.3 is 15.1 Å². The first-order chi connectivity index (χ1) is 9.56. The molecular formula is C16H33N3O. The second-order valence-electron chi connectivity index (χ2n) is 6.33. The molecule has 20 heavy (non-hydrogen) atoms. The summed E-state index contributed by atoms with van der Waals surface area (Å²) in [4.78, 5) is 16.7. The number of carbonyl (C=O) groups is 1. The van der Waals surface area contributed by atoms with Gasteiger partial charge in [-0.25, -0.2) is 0 Å². The highest BCUT2D eigenvalue weighted by molar-refractivity contribution is 5.78. The van der Waals surface area contributed by atoms with Crippen molar-refractivity contribution in [2.45, 2.75) is 40.5 Å². The van der Waals surface area contributed by atoms with Crippen molar-refractivity contribution in [2.75, 3.05) is 45.8 Å². The van der Waals surface area contributed by atoms with Gasteiger partial charge in [0.05, 0.1) is 6.54 Å². The van der Waals surface area contributed by atoms with Crippen LogP contribution in [-0.4, -0.2) is 61.5 Å². The maximum Gasteiger partial charge on any atom is 0.236 e. The topological polar surface area (TPSA) is 35.6 Å². The molecule has 0 aromatic carbocycles. The number of nitrogens with zero attached hydrogens (tertiary/aromatic N) is 2. The predicted molar refractivity (Wildman–Crippen MR) is 84.8 cm³/mol. The standard InChI is InChI=1S/C16H33N3O/c1-5-18(6-2)9-10-19(13-14(3)4)16(20)12-17-11-15-7-8-15/h14-15,17H,5-13H2,1-4H3. The average molecular weight is 283 g/mol. The fourth-order valence-electron chi connectivity index (χ4n) is 2.38. The summed E-state index contributed by atoms with van der Waals surface area (Å²) in [6, 6.07) is 0. The minimum absolute atomic E-state index is 0.256. The molecule has 0 saturated heterocycles. The third-order valence-corrected chi connectivity index (χ3v) is 3.92. The van der Waals surface area contributed by atoms with Gasteiger partial charge in [0.25, 0.3) is 0 Å². The van der Waals surface area contributed by atoms with Crippen LogP contribution < -0.4 is 5.32 Å². The summed E-state index contributed by atoms with van der Waals surface area (Å²) in [5, 5.41) is 3.31. The van der Waals surface area contributed by atoms with E-state index in [1.807, 2.05) is 4.90 Å². The van der Waals surface area contributed by atoms with E-state index in [2.05, 4.69) is 37.9 Å². The van der Waals surface area contributed by atoms with E-state index >= 15 is 0 Å². The van der Waals surface area contributed by atoms with Crippen LogP contribution in [0.4, 0.5) is 0 Å². The van der Waals surface area contributed by atoms with Crippen LogP contribution in [0.5, 0.6) is 0 Å². The van der Waals surface area contributed by atoms with Gasteiger partial charge in [-0.05, 0) is 44.3 Å². The van der Waals surface area contributed by atoms with Crippen LogP contribution in [-0.2, 0) is 4.79 Å². The zero-order chi connectivity index (χ0) is 15.0. The van der Waals surface area contributed by atoms with Crippen LogP contribution in [0.3, 0.4) is 0 Å². The highest BCUT2D eigenvalue weighted by atomic mass is 16.2. The fraction of sp³-hybridized carbons (Fsp3) is 0.938. The molecule has 1 aliphatic rings. The average Bonchev–Trinajstić information content (AvgIpc) is 3.22. The molecule has 1 aliphatic carbocycles. The lowest BCUT2D eigenvalue weighted by Crippen LogP contribution is -2.44. The molecule has 0 aromatic heterocycles. The van der Waals surface area contributed by atoms with Gasteiger partial charge in [-0.15, -0.1) is 0 Å². The molecule has 1 saturated carbocycles. The first-order valence-corrected chi connectivity index (χ1v) is 8.27. The smallest absolute Gasteiger partial charge is 0.236 e. The molecule has 0 unspecified atom stereocenters. The van der Waals surface area contributed by atoms with Gasteiger partial charge in [-0.2, -0.15) is 0 Å². The summed E-state index contributed by atoms with van der Waals surface area (Å²) < 4.78 is 0. The van der Waals surface area contributed by atoms with E-state index in [9.17, 15) is 4.79 Å². The Hall–Kier alpha value is -0.610. The van der Waals surface area contributed by atoms with Crippen LogP contribution in [0.1, 0.15) is 40.5 Å². The number of hydrogen-bond donors (Lipinski definition) is 1. The second-order valence-corrected chi connectivity index (χ2v) is 6.33. The second kappa shape index (κ2) is 9.35. The highest BCUT2D eigenvalue weighted by Crippen LogP contribution is 2.27. The number of rotatable bonds is 11. The van der Waals surface area contributed by atoms with E-state index in [1.165, 1.54) is 12.8 Å². The van der Waals surface area contributed by atoms with Crippen LogP contribution in [0.25, 0.3) is 0 Å². The number of nitrogens with one attached hydrogen (secondary N) is 1. The summed E-state index contributed by atoms with van der Waals surface area (Å²) in [7, 11) is 0. The van der Waals surface area contributed by atoms with Gasteiger partial charge in [0.2, 0.25) is 5.91 Å². The molecule has 0 heterocycles. The van der Waals surface area contributed by atoms with E-state index in [4.69, 9.17) is 0 Å². The first-order valence-electron chi connectivity index (χ1n) is 8.27. The molecule has 1 rings (SSSR count). The zero-order valence-corrected chi connectivity index (χ0v) is 13.8. The molecule has 1 fully saturated rings. The first kappa shape index (κ1) is 17.4. The summed E-state index contributed by atoms with van der Waals surface area (Å²) in [6.07, 6.45) is 2.66. The SMILES string of the molecule is CCN(CC)CCN(CC(C)C)C(=O)CNCC1CC1. The van der Waals surface area contributed by atoms with Crippen LogP contribution in [0, 0.1) is 11.8 Å². The van der Waals surface area contributed by atoms with Gasteiger partial charge in [-0.1, -0.05) is 27.7 Å². The van der Waals surface area contributed by atoms with Gasteiger partial charge >= 0.3 is 0 Å². The van der Waals surface area contributed by atoms with Crippen molar-refractivity contribution >= 4 is 5.91 Å².